The van der Waals surface area contributed by atoms with Crippen molar-refractivity contribution in [3.8, 4) is 5.75 Å². The van der Waals surface area contributed by atoms with Crippen molar-refractivity contribution in [1.82, 2.24) is 0 Å². The van der Waals surface area contributed by atoms with Gasteiger partial charge in [0.2, 0.25) is 0 Å². The summed E-state index contributed by atoms with van der Waals surface area (Å²) >= 11 is 0. The van der Waals surface area contributed by atoms with Gasteiger partial charge in [-0.05, 0) is 30.7 Å². The maximum Gasteiger partial charge on any atom is 0.292 e. The molecule has 1 saturated carbocycles. The molecular formula is C16H24N2O3. The first kappa shape index (κ1) is 15.6. The molecule has 2 unspecified atom stereocenters. The maximum atomic E-state index is 11.1. The number of nitrogens with zero attached hydrogens (tertiary/aromatic N) is 1. The number of benzene rings is 1. The number of nitrogens with one attached hydrogen (secondary N) is 1. The molecule has 0 saturated heterocycles. The molecule has 0 radical (unpaired) electrons. The van der Waals surface area contributed by atoms with Gasteiger partial charge in [0.05, 0.1) is 12.0 Å². The predicted octanol–water partition coefficient (Wildman–Crippen LogP) is 4.23. The van der Waals surface area contributed by atoms with Crippen LogP contribution in [-0.2, 0) is 0 Å². The third-order valence-corrected chi connectivity index (χ3v) is 4.31. The zero-order valence-corrected chi connectivity index (χ0v) is 12.8. The zero-order chi connectivity index (χ0) is 15.2. The highest BCUT2D eigenvalue weighted by Crippen LogP contribution is 2.32. The Morgan fingerprint density at radius 2 is 2.24 bits per heavy atom. The van der Waals surface area contributed by atoms with Crippen LogP contribution in [0.1, 0.15) is 39.0 Å². The quantitative estimate of drug-likeness (QED) is 0.629. The molecule has 2 atom stereocenters. The molecule has 2 rings (SSSR count). The Kier molecular flexibility index (Phi) is 5.42. The lowest BCUT2D eigenvalue weighted by atomic mass is 9.81. The van der Waals surface area contributed by atoms with Gasteiger partial charge in [0.1, 0.15) is 11.4 Å². The third-order valence-electron chi connectivity index (χ3n) is 4.31. The summed E-state index contributed by atoms with van der Waals surface area (Å²) in [6.07, 6.45) is 6.28. The minimum absolute atomic E-state index is 0.104. The van der Waals surface area contributed by atoms with E-state index in [0.717, 1.165) is 24.8 Å². The van der Waals surface area contributed by atoms with Crippen molar-refractivity contribution in [2.24, 2.45) is 11.8 Å². The molecule has 1 aromatic rings. The molecule has 0 spiro atoms. The van der Waals surface area contributed by atoms with Crippen LogP contribution in [0.15, 0.2) is 18.2 Å². The average Bonchev–Trinajstić information content (AvgIpc) is 2.47. The van der Waals surface area contributed by atoms with Crippen molar-refractivity contribution in [3.05, 3.63) is 28.3 Å². The number of ether oxygens (including phenoxy) is 1. The SMILES string of the molecule is COc1ccc([N+](=O)[O-])c(NCCC2CCCC(C)C2)c1. The van der Waals surface area contributed by atoms with Crippen molar-refractivity contribution in [1.29, 1.82) is 0 Å². The smallest absolute Gasteiger partial charge is 0.292 e. The Morgan fingerprint density at radius 3 is 2.90 bits per heavy atom. The Morgan fingerprint density at radius 1 is 1.43 bits per heavy atom. The topological polar surface area (TPSA) is 64.4 Å². The van der Waals surface area contributed by atoms with E-state index in [-0.39, 0.29) is 10.6 Å². The number of hydrogen-bond donors (Lipinski definition) is 1. The summed E-state index contributed by atoms with van der Waals surface area (Å²) in [5.41, 5.74) is 0.649. The summed E-state index contributed by atoms with van der Waals surface area (Å²) in [6.45, 7) is 3.08. The molecule has 1 aliphatic rings. The molecule has 0 aliphatic heterocycles. The molecule has 0 bridgehead atoms. The van der Waals surface area contributed by atoms with Gasteiger partial charge in [-0.15, -0.1) is 0 Å². The van der Waals surface area contributed by atoms with Crippen LogP contribution in [0.2, 0.25) is 0 Å². The molecule has 5 heteroatoms. The van der Waals surface area contributed by atoms with Gasteiger partial charge in [-0.3, -0.25) is 10.1 Å². The van der Waals surface area contributed by atoms with E-state index in [1.807, 2.05) is 0 Å². The van der Waals surface area contributed by atoms with Crippen LogP contribution in [0.3, 0.4) is 0 Å². The van der Waals surface area contributed by atoms with E-state index >= 15 is 0 Å². The number of nitro groups is 1. The lowest BCUT2D eigenvalue weighted by molar-refractivity contribution is -0.384. The Labute approximate surface area is 125 Å². The van der Waals surface area contributed by atoms with E-state index in [0.29, 0.717) is 11.4 Å². The predicted molar refractivity (Wildman–Crippen MR) is 83.9 cm³/mol. The van der Waals surface area contributed by atoms with Crippen molar-refractivity contribution in [2.75, 3.05) is 19.0 Å². The minimum atomic E-state index is -0.357. The highest BCUT2D eigenvalue weighted by molar-refractivity contribution is 5.64. The molecule has 116 valence electrons. The zero-order valence-electron chi connectivity index (χ0n) is 12.8. The highest BCUT2D eigenvalue weighted by Gasteiger charge is 2.19. The fraction of sp³-hybridized carbons (Fsp3) is 0.625. The lowest BCUT2D eigenvalue weighted by Gasteiger charge is -2.26. The Bertz CT molecular complexity index is 490. The van der Waals surface area contributed by atoms with Gasteiger partial charge in [0.25, 0.3) is 5.69 Å². The summed E-state index contributed by atoms with van der Waals surface area (Å²) in [6, 6.07) is 4.80. The van der Waals surface area contributed by atoms with Gasteiger partial charge in [-0.1, -0.05) is 26.2 Å². The molecule has 1 aromatic carbocycles. The first-order chi connectivity index (χ1) is 10.1. The number of hydrogen-bond acceptors (Lipinski definition) is 4. The van der Waals surface area contributed by atoms with Crippen molar-refractivity contribution in [2.45, 2.75) is 39.0 Å². The second-order valence-electron chi connectivity index (χ2n) is 5.99. The van der Waals surface area contributed by atoms with E-state index in [4.69, 9.17) is 4.74 Å². The average molecular weight is 292 g/mol. The number of nitro benzene ring substituents is 1. The molecule has 0 heterocycles. The van der Waals surface area contributed by atoms with Crippen LogP contribution in [0, 0.1) is 22.0 Å². The lowest BCUT2D eigenvalue weighted by Crippen LogP contribution is -2.16. The van der Waals surface area contributed by atoms with E-state index < -0.39 is 0 Å². The number of methoxy groups -OCH3 is 1. The Balaban J connectivity index is 1.93. The van der Waals surface area contributed by atoms with Crippen LogP contribution < -0.4 is 10.1 Å². The fourth-order valence-electron chi connectivity index (χ4n) is 3.18. The second-order valence-corrected chi connectivity index (χ2v) is 5.99. The molecule has 5 nitrogen and oxygen atoms in total. The van der Waals surface area contributed by atoms with E-state index in [1.165, 1.54) is 31.7 Å². The molecule has 0 amide bonds. The van der Waals surface area contributed by atoms with Gasteiger partial charge in [-0.25, -0.2) is 0 Å². The Hall–Kier alpha value is -1.78. The van der Waals surface area contributed by atoms with Gasteiger partial charge in [0, 0.05) is 18.7 Å². The standard InChI is InChI=1S/C16H24N2O3/c1-12-4-3-5-13(10-12)8-9-17-15-11-14(21-2)6-7-16(15)18(19)20/h6-7,11-13,17H,3-5,8-10H2,1-2H3. The summed E-state index contributed by atoms with van der Waals surface area (Å²) in [5.74, 6) is 2.19. The summed E-state index contributed by atoms with van der Waals surface area (Å²) in [4.78, 5) is 10.7. The summed E-state index contributed by atoms with van der Waals surface area (Å²) in [7, 11) is 1.56. The molecule has 0 aromatic heterocycles. The normalized spacial score (nSPS) is 21.8. The first-order valence-corrected chi connectivity index (χ1v) is 7.66. The van der Waals surface area contributed by atoms with E-state index in [2.05, 4.69) is 12.2 Å². The summed E-state index contributed by atoms with van der Waals surface area (Å²) in [5, 5.41) is 14.3. The maximum absolute atomic E-state index is 11.1. The van der Waals surface area contributed by atoms with Gasteiger partial charge in [0.15, 0.2) is 0 Å². The largest absolute Gasteiger partial charge is 0.497 e. The second kappa shape index (κ2) is 7.29. The van der Waals surface area contributed by atoms with Crippen LogP contribution in [0.25, 0.3) is 0 Å². The van der Waals surface area contributed by atoms with Crippen LogP contribution in [-0.4, -0.2) is 18.6 Å². The van der Waals surface area contributed by atoms with E-state index in [9.17, 15) is 10.1 Å². The van der Waals surface area contributed by atoms with Gasteiger partial charge < -0.3 is 10.1 Å². The third kappa shape index (κ3) is 4.34. The fourth-order valence-corrected chi connectivity index (χ4v) is 3.18. The van der Waals surface area contributed by atoms with Crippen molar-refractivity contribution < 1.29 is 9.66 Å². The van der Waals surface area contributed by atoms with Crippen molar-refractivity contribution >= 4 is 11.4 Å². The summed E-state index contributed by atoms with van der Waals surface area (Å²) < 4.78 is 5.14. The van der Waals surface area contributed by atoms with Gasteiger partial charge in [-0.2, -0.15) is 0 Å². The number of anilines is 1. The molecule has 1 N–H and O–H groups in total. The number of rotatable bonds is 6. The molecule has 21 heavy (non-hydrogen) atoms. The molecule has 1 fully saturated rings. The minimum Gasteiger partial charge on any atom is -0.497 e. The van der Waals surface area contributed by atoms with Crippen LogP contribution >= 0.6 is 0 Å². The molecular weight excluding hydrogens is 268 g/mol. The monoisotopic (exact) mass is 292 g/mol. The van der Waals surface area contributed by atoms with Crippen LogP contribution in [0.5, 0.6) is 5.75 Å². The van der Waals surface area contributed by atoms with Gasteiger partial charge >= 0.3 is 0 Å². The van der Waals surface area contributed by atoms with E-state index in [1.54, 1.807) is 19.2 Å². The van der Waals surface area contributed by atoms with Crippen molar-refractivity contribution in [3.63, 3.8) is 0 Å². The highest BCUT2D eigenvalue weighted by atomic mass is 16.6. The first-order valence-electron chi connectivity index (χ1n) is 7.66. The molecule has 1 aliphatic carbocycles. The van der Waals surface area contributed by atoms with Crippen LogP contribution in [0.4, 0.5) is 11.4 Å².